The van der Waals surface area contributed by atoms with Crippen molar-refractivity contribution < 1.29 is 9.53 Å². The standard InChI is InChI=1S/C21H26N4O2/c1-24-9-11-25(12-10-24)20-17(6-4-8-22-20)14-23-21(26)18-13-16-5-2-3-7-19(16)27-15-18/h2-8,18H,9-15H2,1H3,(H,23,26). The van der Waals surface area contributed by atoms with E-state index in [0.29, 0.717) is 13.2 Å². The van der Waals surface area contributed by atoms with Crippen LogP contribution in [0.4, 0.5) is 5.82 Å². The highest BCUT2D eigenvalue weighted by Gasteiger charge is 2.26. The van der Waals surface area contributed by atoms with Crippen LogP contribution in [0, 0.1) is 5.92 Å². The maximum absolute atomic E-state index is 12.7. The predicted molar refractivity (Wildman–Crippen MR) is 105 cm³/mol. The van der Waals surface area contributed by atoms with Gasteiger partial charge in [-0.15, -0.1) is 0 Å². The van der Waals surface area contributed by atoms with Crippen LogP contribution in [0.2, 0.25) is 0 Å². The monoisotopic (exact) mass is 366 g/mol. The molecule has 0 saturated carbocycles. The fraction of sp³-hybridized carbons (Fsp3) is 0.429. The van der Waals surface area contributed by atoms with Crippen LogP contribution < -0.4 is 15.0 Å². The van der Waals surface area contributed by atoms with E-state index in [9.17, 15) is 4.79 Å². The molecule has 1 saturated heterocycles. The Morgan fingerprint density at radius 2 is 2.00 bits per heavy atom. The van der Waals surface area contributed by atoms with Gasteiger partial charge in [-0.25, -0.2) is 4.98 Å². The van der Waals surface area contributed by atoms with Gasteiger partial charge in [-0.2, -0.15) is 0 Å². The van der Waals surface area contributed by atoms with Gasteiger partial charge in [0.1, 0.15) is 18.2 Å². The quantitative estimate of drug-likeness (QED) is 0.893. The number of anilines is 1. The van der Waals surface area contributed by atoms with Gasteiger partial charge < -0.3 is 19.9 Å². The second-order valence-electron chi connectivity index (χ2n) is 7.31. The lowest BCUT2D eigenvalue weighted by Gasteiger charge is -2.34. The molecule has 4 rings (SSSR count). The molecule has 1 N–H and O–H groups in total. The highest BCUT2D eigenvalue weighted by molar-refractivity contribution is 5.79. The fourth-order valence-electron chi connectivity index (χ4n) is 3.69. The Hall–Kier alpha value is -2.60. The van der Waals surface area contributed by atoms with Crippen molar-refractivity contribution in [3.63, 3.8) is 0 Å². The third kappa shape index (κ3) is 4.06. The van der Waals surface area contributed by atoms with Gasteiger partial charge >= 0.3 is 0 Å². The number of ether oxygens (including phenoxy) is 1. The smallest absolute Gasteiger partial charge is 0.227 e. The Balaban J connectivity index is 1.38. The highest BCUT2D eigenvalue weighted by atomic mass is 16.5. The Kier molecular flexibility index (Phi) is 5.25. The first-order valence-electron chi connectivity index (χ1n) is 9.56. The number of piperazine rings is 1. The third-order valence-corrected chi connectivity index (χ3v) is 5.37. The number of nitrogens with zero attached hydrogens (tertiary/aromatic N) is 3. The molecule has 6 nitrogen and oxygen atoms in total. The van der Waals surface area contributed by atoms with Crippen molar-refractivity contribution in [1.82, 2.24) is 15.2 Å². The molecule has 1 atom stereocenters. The number of aromatic nitrogens is 1. The van der Waals surface area contributed by atoms with Crippen molar-refractivity contribution in [2.45, 2.75) is 13.0 Å². The zero-order chi connectivity index (χ0) is 18.6. The summed E-state index contributed by atoms with van der Waals surface area (Å²) in [5, 5.41) is 3.09. The van der Waals surface area contributed by atoms with Gasteiger partial charge in [0.15, 0.2) is 0 Å². The molecule has 2 aliphatic heterocycles. The predicted octanol–water partition coefficient (Wildman–Crippen LogP) is 1.70. The second kappa shape index (κ2) is 7.96. The molecule has 0 bridgehead atoms. The van der Waals surface area contributed by atoms with Crippen LogP contribution in [0.5, 0.6) is 5.75 Å². The molecule has 27 heavy (non-hydrogen) atoms. The molecule has 2 aromatic rings. The van der Waals surface area contributed by atoms with E-state index in [-0.39, 0.29) is 11.8 Å². The van der Waals surface area contributed by atoms with Gasteiger partial charge in [0, 0.05) is 44.5 Å². The summed E-state index contributed by atoms with van der Waals surface area (Å²) >= 11 is 0. The fourth-order valence-corrected chi connectivity index (χ4v) is 3.69. The van der Waals surface area contributed by atoms with E-state index in [0.717, 1.165) is 55.3 Å². The largest absolute Gasteiger partial charge is 0.492 e. The van der Waals surface area contributed by atoms with Crippen LogP contribution in [-0.2, 0) is 17.8 Å². The summed E-state index contributed by atoms with van der Waals surface area (Å²) in [7, 11) is 2.14. The number of rotatable bonds is 4. The lowest BCUT2D eigenvalue weighted by molar-refractivity contribution is -0.126. The zero-order valence-electron chi connectivity index (χ0n) is 15.7. The number of likely N-dealkylation sites (N-methyl/N-ethyl adjacent to an activating group) is 1. The number of amides is 1. The van der Waals surface area contributed by atoms with Gasteiger partial charge in [0.05, 0.1) is 5.92 Å². The van der Waals surface area contributed by atoms with Gasteiger partial charge in [0.2, 0.25) is 5.91 Å². The molecule has 2 aliphatic rings. The molecule has 142 valence electrons. The Labute approximate surface area is 160 Å². The Morgan fingerprint density at radius 1 is 1.19 bits per heavy atom. The van der Waals surface area contributed by atoms with E-state index in [1.54, 1.807) is 0 Å². The van der Waals surface area contributed by atoms with Gasteiger partial charge in [0.25, 0.3) is 0 Å². The molecule has 3 heterocycles. The first kappa shape index (κ1) is 17.8. The SMILES string of the molecule is CN1CCN(c2ncccc2CNC(=O)C2COc3ccccc3C2)CC1. The van der Waals surface area contributed by atoms with E-state index < -0.39 is 0 Å². The molecular weight excluding hydrogens is 340 g/mol. The number of hydrogen-bond acceptors (Lipinski definition) is 5. The Morgan fingerprint density at radius 3 is 2.85 bits per heavy atom. The minimum Gasteiger partial charge on any atom is -0.492 e. The molecule has 0 radical (unpaired) electrons. The molecular formula is C21H26N4O2. The summed E-state index contributed by atoms with van der Waals surface area (Å²) in [4.78, 5) is 21.9. The molecule has 1 aromatic carbocycles. The summed E-state index contributed by atoms with van der Waals surface area (Å²) in [6.45, 7) is 4.90. The second-order valence-corrected chi connectivity index (χ2v) is 7.31. The van der Waals surface area contributed by atoms with Crippen molar-refractivity contribution in [2.24, 2.45) is 5.92 Å². The van der Waals surface area contributed by atoms with E-state index in [1.165, 1.54) is 0 Å². The average Bonchev–Trinajstić information content (AvgIpc) is 2.72. The molecule has 1 aromatic heterocycles. The van der Waals surface area contributed by atoms with Crippen LogP contribution in [0.15, 0.2) is 42.6 Å². The summed E-state index contributed by atoms with van der Waals surface area (Å²) in [6, 6.07) is 11.9. The highest BCUT2D eigenvalue weighted by Crippen LogP contribution is 2.27. The third-order valence-electron chi connectivity index (χ3n) is 5.37. The van der Waals surface area contributed by atoms with E-state index in [2.05, 4.69) is 27.1 Å². The van der Waals surface area contributed by atoms with Crippen molar-refractivity contribution in [3.8, 4) is 5.75 Å². The van der Waals surface area contributed by atoms with Crippen molar-refractivity contribution >= 4 is 11.7 Å². The molecule has 1 unspecified atom stereocenters. The van der Waals surface area contributed by atoms with Gasteiger partial charge in [-0.3, -0.25) is 4.79 Å². The molecule has 0 aliphatic carbocycles. The molecule has 0 spiro atoms. The number of hydrogen-bond donors (Lipinski definition) is 1. The van der Waals surface area contributed by atoms with Crippen molar-refractivity contribution in [2.75, 3.05) is 44.7 Å². The number of carbonyl (C=O) groups is 1. The van der Waals surface area contributed by atoms with Crippen molar-refractivity contribution in [3.05, 3.63) is 53.7 Å². The van der Waals surface area contributed by atoms with Crippen LogP contribution in [-0.4, -0.2) is 55.6 Å². The lowest BCUT2D eigenvalue weighted by Crippen LogP contribution is -2.45. The molecule has 6 heteroatoms. The number of carbonyl (C=O) groups excluding carboxylic acids is 1. The van der Waals surface area contributed by atoms with Crippen LogP contribution >= 0.6 is 0 Å². The van der Waals surface area contributed by atoms with E-state index in [4.69, 9.17) is 4.74 Å². The van der Waals surface area contributed by atoms with Gasteiger partial charge in [-0.1, -0.05) is 24.3 Å². The van der Waals surface area contributed by atoms with Gasteiger partial charge in [-0.05, 0) is 31.2 Å². The summed E-state index contributed by atoms with van der Waals surface area (Å²) in [5.41, 5.74) is 2.16. The number of fused-ring (bicyclic) bond motifs is 1. The first-order chi connectivity index (χ1) is 13.2. The van der Waals surface area contributed by atoms with Crippen molar-refractivity contribution in [1.29, 1.82) is 0 Å². The minimum atomic E-state index is -0.149. The van der Waals surface area contributed by atoms with Crippen LogP contribution in [0.3, 0.4) is 0 Å². The average molecular weight is 366 g/mol. The maximum Gasteiger partial charge on any atom is 0.227 e. The number of nitrogens with one attached hydrogen (secondary N) is 1. The lowest BCUT2D eigenvalue weighted by atomic mass is 9.96. The molecule has 1 fully saturated rings. The van der Waals surface area contributed by atoms with E-state index >= 15 is 0 Å². The number of pyridine rings is 1. The Bertz CT molecular complexity index is 802. The topological polar surface area (TPSA) is 57.7 Å². The summed E-state index contributed by atoms with van der Waals surface area (Å²) in [6.07, 6.45) is 2.55. The number of para-hydroxylation sites is 1. The first-order valence-corrected chi connectivity index (χ1v) is 9.56. The maximum atomic E-state index is 12.7. The molecule has 1 amide bonds. The summed E-state index contributed by atoms with van der Waals surface area (Å²) in [5.74, 6) is 1.77. The van der Waals surface area contributed by atoms with Crippen LogP contribution in [0.25, 0.3) is 0 Å². The zero-order valence-corrected chi connectivity index (χ0v) is 15.7. The minimum absolute atomic E-state index is 0.0395. The summed E-state index contributed by atoms with van der Waals surface area (Å²) < 4.78 is 5.75. The number of benzene rings is 1. The normalized spacial score (nSPS) is 19.9. The van der Waals surface area contributed by atoms with E-state index in [1.807, 2.05) is 42.6 Å². The van der Waals surface area contributed by atoms with Crippen LogP contribution in [0.1, 0.15) is 11.1 Å².